The first-order valence-corrected chi connectivity index (χ1v) is 9.82. The van der Waals surface area contributed by atoms with Crippen LogP contribution in [0.25, 0.3) is 22.0 Å². The molecule has 33 heavy (non-hydrogen) atoms. The number of phenols is 1. The highest BCUT2D eigenvalue weighted by molar-refractivity contribution is 6.00. The molecule has 12 heteroatoms. The van der Waals surface area contributed by atoms with Gasteiger partial charge in [0.2, 0.25) is 0 Å². The number of nitrogens with one attached hydrogen (secondary N) is 1. The molecule has 2 aromatic heterocycles. The third kappa shape index (κ3) is 5.64. The normalized spacial score (nSPS) is 18.9. The number of rotatable bonds is 3. The molecule has 1 aromatic carbocycles. The Labute approximate surface area is 185 Å². The van der Waals surface area contributed by atoms with Gasteiger partial charge >= 0.3 is 6.18 Å². The van der Waals surface area contributed by atoms with Crippen molar-refractivity contribution in [1.82, 2.24) is 20.1 Å². The monoisotopic (exact) mass is 467 g/mol. The highest BCUT2D eigenvalue weighted by atomic mass is 19.4. The van der Waals surface area contributed by atoms with E-state index in [1.165, 1.54) is 12.3 Å². The summed E-state index contributed by atoms with van der Waals surface area (Å²) < 4.78 is 52.6. The molecule has 1 aliphatic rings. The summed E-state index contributed by atoms with van der Waals surface area (Å²) in [4.78, 5) is 14.3. The summed E-state index contributed by atoms with van der Waals surface area (Å²) in [7, 11) is 1.84. The molecule has 1 fully saturated rings. The molecule has 1 aliphatic heterocycles. The van der Waals surface area contributed by atoms with Crippen molar-refractivity contribution in [3.8, 4) is 17.0 Å². The van der Waals surface area contributed by atoms with Crippen LogP contribution in [-0.4, -0.2) is 69.1 Å². The number of fused-ring (bicyclic) bond motifs is 1. The van der Waals surface area contributed by atoms with Gasteiger partial charge in [-0.3, -0.25) is 9.78 Å². The number of alkyl halides is 4. The van der Waals surface area contributed by atoms with Crippen LogP contribution in [0.4, 0.5) is 23.4 Å². The van der Waals surface area contributed by atoms with Crippen molar-refractivity contribution in [3.05, 3.63) is 42.2 Å². The summed E-state index contributed by atoms with van der Waals surface area (Å²) in [5.41, 5.74) is -0.601. The van der Waals surface area contributed by atoms with E-state index in [0.717, 1.165) is 6.07 Å². The van der Waals surface area contributed by atoms with Gasteiger partial charge in [0.25, 0.3) is 6.47 Å². The summed E-state index contributed by atoms with van der Waals surface area (Å²) in [6.45, 7) is 0.754. The van der Waals surface area contributed by atoms with Gasteiger partial charge in [-0.2, -0.15) is 13.2 Å². The topological polar surface area (TPSA) is 111 Å². The Hall–Kier alpha value is -3.54. The van der Waals surface area contributed by atoms with Crippen LogP contribution in [-0.2, 0) is 11.0 Å². The van der Waals surface area contributed by atoms with Crippen LogP contribution in [0.2, 0.25) is 0 Å². The lowest BCUT2D eigenvalue weighted by atomic mass is 10.0. The minimum atomic E-state index is -4.57. The second kappa shape index (κ2) is 9.94. The fraction of sp³-hybridized carbons (Fsp3) is 0.333. The molecule has 0 amide bonds. The van der Waals surface area contributed by atoms with Gasteiger partial charge in [0, 0.05) is 54.3 Å². The Kier molecular flexibility index (Phi) is 7.26. The zero-order valence-electron chi connectivity index (χ0n) is 17.4. The zero-order valence-corrected chi connectivity index (χ0v) is 17.4. The molecular weight excluding hydrogens is 446 g/mol. The van der Waals surface area contributed by atoms with E-state index in [0.29, 0.717) is 42.2 Å². The number of likely N-dealkylation sites (tertiary alicyclic amines) is 1. The van der Waals surface area contributed by atoms with Crippen LogP contribution < -0.4 is 5.32 Å². The van der Waals surface area contributed by atoms with E-state index in [1.54, 1.807) is 12.3 Å². The van der Waals surface area contributed by atoms with E-state index in [9.17, 15) is 22.7 Å². The molecule has 0 unspecified atom stereocenters. The molecule has 176 valence electrons. The number of aromatic nitrogens is 3. The zero-order chi connectivity index (χ0) is 24.2. The van der Waals surface area contributed by atoms with Crippen molar-refractivity contribution in [2.24, 2.45) is 0 Å². The number of carbonyl (C=O) groups is 1. The van der Waals surface area contributed by atoms with Crippen LogP contribution in [0.3, 0.4) is 0 Å². The van der Waals surface area contributed by atoms with Crippen LogP contribution in [0.1, 0.15) is 12.0 Å². The van der Waals surface area contributed by atoms with Crippen LogP contribution >= 0.6 is 0 Å². The van der Waals surface area contributed by atoms with Crippen molar-refractivity contribution < 1.29 is 32.6 Å². The Balaban J connectivity index is 0.000000968. The van der Waals surface area contributed by atoms with E-state index in [1.807, 2.05) is 11.9 Å². The standard InChI is InChI=1S/C20H19F4N5O.CH2O2/c1-29-9-12(21)7-13(10-29)26-19-16-8-25-5-4-14(16)18(27-28-19)15-3-2-11(6-17(15)30)20(22,23)24;2-1-3/h2-6,8,12-13,30H,7,9-10H2,1H3,(H,26,28);1H,(H,2,3)/t12-,13-;/m0./s1. The number of halogens is 4. The number of piperidine rings is 1. The molecule has 0 aliphatic carbocycles. The first-order valence-electron chi connectivity index (χ1n) is 9.82. The van der Waals surface area contributed by atoms with Gasteiger partial charge in [-0.1, -0.05) is 0 Å². The maximum atomic E-state index is 13.9. The fourth-order valence-electron chi connectivity index (χ4n) is 3.76. The number of hydrogen-bond acceptors (Lipinski definition) is 7. The highest BCUT2D eigenvalue weighted by Crippen LogP contribution is 2.38. The minimum Gasteiger partial charge on any atom is -0.507 e. The van der Waals surface area contributed by atoms with Gasteiger partial charge in [0.05, 0.1) is 5.56 Å². The quantitative estimate of drug-likeness (QED) is 0.396. The average molecular weight is 467 g/mol. The SMILES string of the molecule is CN1C[C@@H](F)C[C@H](Nc2nnc(-c3ccc(C(F)(F)F)cc3O)c3ccncc23)C1.O=CO. The first-order chi connectivity index (χ1) is 15.6. The third-order valence-electron chi connectivity index (χ3n) is 5.08. The maximum absolute atomic E-state index is 13.9. The van der Waals surface area contributed by atoms with E-state index in [4.69, 9.17) is 9.90 Å². The molecule has 3 N–H and O–H groups in total. The fourth-order valence-corrected chi connectivity index (χ4v) is 3.76. The number of carboxylic acid groups (broad SMARTS) is 1. The van der Waals surface area contributed by atoms with E-state index < -0.39 is 23.7 Å². The summed E-state index contributed by atoms with van der Waals surface area (Å²) in [6.07, 6.45) is -2.12. The maximum Gasteiger partial charge on any atom is 0.416 e. The first kappa shape index (κ1) is 24.1. The summed E-state index contributed by atoms with van der Waals surface area (Å²) in [5, 5.41) is 29.7. The van der Waals surface area contributed by atoms with Gasteiger partial charge in [-0.15, -0.1) is 10.2 Å². The highest BCUT2D eigenvalue weighted by Gasteiger charge is 2.31. The molecule has 3 aromatic rings. The van der Waals surface area contributed by atoms with Gasteiger partial charge in [-0.25, -0.2) is 4.39 Å². The molecule has 1 saturated heterocycles. The summed E-state index contributed by atoms with van der Waals surface area (Å²) in [6, 6.07) is 4.18. The second-order valence-electron chi connectivity index (χ2n) is 7.55. The van der Waals surface area contributed by atoms with Gasteiger partial charge in [0.1, 0.15) is 17.6 Å². The Morgan fingerprint density at radius 2 is 1.91 bits per heavy atom. The molecule has 0 radical (unpaired) electrons. The Morgan fingerprint density at radius 1 is 1.18 bits per heavy atom. The lowest BCUT2D eigenvalue weighted by Crippen LogP contribution is -2.45. The molecule has 8 nitrogen and oxygen atoms in total. The van der Waals surface area contributed by atoms with Crippen LogP contribution in [0.5, 0.6) is 5.75 Å². The number of phenolic OH excluding ortho intramolecular Hbond substituents is 1. The van der Waals surface area contributed by atoms with Crippen LogP contribution in [0, 0.1) is 0 Å². The number of nitrogens with zero attached hydrogens (tertiary/aromatic N) is 4. The summed E-state index contributed by atoms with van der Waals surface area (Å²) >= 11 is 0. The molecule has 0 saturated carbocycles. The number of anilines is 1. The predicted octanol–water partition coefficient (Wildman–Crippen LogP) is 3.57. The summed E-state index contributed by atoms with van der Waals surface area (Å²) in [5.74, 6) is -0.145. The molecule has 0 spiro atoms. The lowest BCUT2D eigenvalue weighted by molar-refractivity contribution is -0.137. The minimum absolute atomic E-state index is 0.125. The van der Waals surface area contributed by atoms with E-state index in [2.05, 4.69) is 20.5 Å². The molecule has 0 bridgehead atoms. The van der Waals surface area contributed by atoms with Crippen LogP contribution in [0.15, 0.2) is 36.7 Å². The van der Waals surface area contributed by atoms with E-state index >= 15 is 0 Å². The van der Waals surface area contributed by atoms with Gasteiger partial charge in [-0.05, 0) is 31.3 Å². The largest absolute Gasteiger partial charge is 0.507 e. The Bertz CT molecular complexity index is 1120. The van der Waals surface area contributed by atoms with E-state index in [-0.39, 0.29) is 23.8 Å². The second-order valence-corrected chi connectivity index (χ2v) is 7.55. The number of likely N-dealkylation sites (N-methyl/N-ethyl adjacent to an activating group) is 1. The number of aromatic hydroxyl groups is 1. The smallest absolute Gasteiger partial charge is 0.416 e. The molecule has 4 rings (SSSR count). The predicted molar refractivity (Wildman–Crippen MR) is 113 cm³/mol. The van der Waals surface area contributed by atoms with Gasteiger partial charge < -0.3 is 20.4 Å². The molecule has 3 heterocycles. The van der Waals surface area contributed by atoms with Crippen molar-refractivity contribution in [1.29, 1.82) is 0 Å². The number of benzene rings is 1. The number of hydrogen-bond donors (Lipinski definition) is 3. The third-order valence-corrected chi connectivity index (χ3v) is 5.08. The number of pyridine rings is 1. The molecular formula is C21H21F4N5O3. The average Bonchev–Trinajstić information content (AvgIpc) is 2.73. The van der Waals surface area contributed by atoms with Crippen molar-refractivity contribution in [2.75, 3.05) is 25.5 Å². The van der Waals surface area contributed by atoms with Gasteiger partial charge in [0.15, 0.2) is 5.82 Å². The molecule has 2 atom stereocenters. The van der Waals surface area contributed by atoms with Crippen molar-refractivity contribution in [2.45, 2.75) is 24.8 Å². The van der Waals surface area contributed by atoms with Crippen molar-refractivity contribution >= 4 is 23.1 Å². The lowest BCUT2D eigenvalue weighted by Gasteiger charge is -2.32. The van der Waals surface area contributed by atoms with Crippen molar-refractivity contribution in [3.63, 3.8) is 0 Å². The Morgan fingerprint density at radius 3 is 2.55 bits per heavy atom.